The van der Waals surface area contributed by atoms with Crippen molar-refractivity contribution in [2.45, 2.75) is 25.0 Å². The molecular weight excluding hydrogens is 214 g/mol. The summed E-state index contributed by atoms with van der Waals surface area (Å²) in [4.78, 5) is 1.91. The van der Waals surface area contributed by atoms with Gasteiger partial charge in [-0.3, -0.25) is 5.41 Å². The van der Waals surface area contributed by atoms with Gasteiger partial charge in [0.25, 0.3) is 0 Å². The van der Waals surface area contributed by atoms with E-state index in [1.54, 1.807) is 0 Å². The van der Waals surface area contributed by atoms with Crippen LogP contribution in [0.15, 0.2) is 24.3 Å². The minimum atomic E-state index is -0.122. The van der Waals surface area contributed by atoms with Gasteiger partial charge in [-0.25, -0.2) is 0 Å². The van der Waals surface area contributed by atoms with Gasteiger partial charge in [-0.1, -0.05) is 24.3 Å². The zero-order valence-corrected chi connectivity index (χ0v) is 9.78. The Morgan fingerprint density at radius 2 is 2.00 bits per heavy atom. The van der Waals surface area contributed by atoms with Crippen molar-refractivity contribution in [3.63, 3.8) is 0 Å². The molecule has 0 aliphatic carbocycles. The summed E-state index contributed by atoms with van der Waals surface area (Å²) in [5, 5.41) is 7.46. The predicted molar refractivity (Wildman–Crippen MR) is 65.6 cm³/mol. The monoisotopic (exact) mass is 231 g/mol. The van der Waals surface area contributed by atoms with Crippen LogP contribution in [-0.2, 0) is 16.9 Å². The number of fused-ring (bicyclic) bond motifs is 2. The lowest BCUT2D eigenvalue weighted by Gasteiger charge is -2.39. The third kappa shape index (κ3) is 1.60. The standard InChI is InChI=1S/C13H17N3O/c14-12(15)16-7-5-13(6-8-16)11-4-2-1-3-10(11)9-17-13/h1-4H,5-9H2,(H3,14,15). The molecule has 4 nitrogen and oxygen atoms in total. The fraction of sp³-hybridized carbons (Fsp3) is 0.462. The summed E-state index contributed by atoms with van der Waals surface area (Å²) in [5.41, 5.74) is 8.04. The second-order valence-electron chi connectivity index (χ2n) is 4.81. The third-order valence-electron chi connectivity index (χ3n) is 3.92. The maximum Gasteiger partial charge on any atom is 0.188 e. The van der Waals surface area contributed by atoms with Crippen LogP contribution < -0.4 is 5.73 Å². The van der Waals surface area contributed by atoms with Crippen LogP contribution in [0.25, 0.3) is 0 Å². The first kappa shape index (κ1) is 10.6. The average Bonchev–Trinajstić information content (AvgIpc) is 2.70. The quantitative estimate of drug-likeness (QED) is 0.524. The Morgan fingerprint density at radius 1 is 1.29 bits per heavy atom. The van der Waals surface area contributed by atoms with Crippen LogP contribution in [0.5, 0.6) is 0 Å². The lowest BCUT2D eigenvalue weighted by Crippen LogP contribution is -2.47. The highest BCUT2D eigenvalue weighted by atomic mass is 16.5. The van der Waals surface area contributed by atoms with Gasteiger partial charge in [-0.05, 0) is 24.0 Å². The molecule has 0 amide bonds. The molecule has 1 saturated heterocycles. The highest BCUT2D eigenvalue weighted by Gasteiger charge is 2.42. The van der Waals surface area contributed by atoms with E-state index in [1.807, 2.05) is 4.90 Å². The predicted octanol–water partition coefficient (Wildman–Crippen LogP) is 1.40. The Bertz CT molecular complexity index is 450. The number of guanidine groups is 1. The number of likely N-dealkylation sites (tertiary alicyclic amines) is 1. The molecule has 0 atom stereocenters. The van der Waals surface area contributed by atoms with Crippen molar-refractivity contribution >= 4 is 5.96 Å². The summed E-state index contributed by atoms with van der Waals surface area (Å²) >= 11 is 0. The molecule has 2 aliphatic heterocycles. The van der Waals surface area contributed by atoms with E-state index in [2.05, 4.69) is 24.3 Å². The first-order chi connectivity index (χ1) is 8.21. The van der Waals surface area contributed by atoms with E-state index in [1.165, 1.54) is 11.1 Å². The third-order valence-corrected chi connectivity index (χ3v) is 3.92. The molecule has 0 unspecified atom stereocenters. The zero-order valence-electron chi connectivity index (χ0n) is 9.78. The second kappa shape index (κ2) is 3.74. The molecule has 1 aromatic rings. The summed E-state index contributed by atoms with van der Waals surface area (Å²) in [5.74, 6) is 0.172. The summed E-state index contributed by atoms with van der Waals surface area (Å²) in [6, 6.07) is 8.45. The molecule has 3 N–H and O–H groups in total. The Labute approximate surface area is 101 Å². The van der Waals surface area contributed by atoms with Crippen LogP contribution in [0, 0.1) is 5.41 Å². The van der Waals surface area contributed by atoms with Crippen LogP contribution in [0.2, 0.25) is 0 Å². The number of nitrogens with one attached hydrogen (secondary N) is 1. The molecule has 4 heteroatoms. The Hall–Kier alpha value is -1.55. The van der Waals surface area contributed by atoms with Crippen molar-refractivity contribution < 1.29 is 4.74 Å². The number of rotatable bonds is 0. The Balaban J connectivity index is 1.85. The normalized spacial score (nSPS) is 21.5. The fourth-order valence-corrected chi connectivity index (χ4v) is 2.91. The first-order valence-electron chi connectivity index (χ1n) is 6.03. The van der Waals surface area contributed by atoms with Gasteiger partial charge in [0.2, 0.25) is 0 Å². The van der Waals surface area contributed by atoms with Gasteiger partial charge >= 0.3 is 0 Å². The van der Waals surface area contributed by atoms with Gasteiger partial charge < -0.3 is 15.4 Å². The molecule has 1 fully saturated rings. The second-order valence-corrected chi connectivity index (χ2v) is 4.81. The molecule has 0 bridgehead atoms. The van der Waals surface area contributed by atoms with E-state index < -0.39 is 0 Å². The smallest absolute Gasteiger partial charge is 0.188 e. The highest BCUT2D eigenvalue weighted by molar-refractivity contribution is 5.74. The van der Waals surface area contributed by atoms with Crippen molar-refractivity contribution in [1.29, 1.82) is 5.41 Å². The van der Waals surface area contributed by atoms with Gasteiger partial charge in [-0.2, -0.15) is 0 Å². The number of nitrogens with zero attached hydrogens (tertiary/aromatic N) is 1. The van der Waals surface area contributed by atoms with E-state index in [-0.39, 0.29) is 11.6 Å². The number of nitrogens with two attached hydrogens (primary N) is 1. The number of piperidine rings is 1. The number of hydrogen-bond acceptors (Lipinski definition) is 2. The number of hydrogen-bond donors (Lipinski definition) is 2. The van der Waals surface area contributed by atoms with Crippen molar-refractivity contribution in [2.24, 2.45) is 5.73 Å². The molecule has 3 rings (SSSR count). The molecule has 17 heavy (non-hydrogen) atoms. The van der Waals surface area contributed by atoms with E-state index >= 15 is 0 Å². The van der Waals surface area contributed by atoms with Gasteiger partial charge in [0.05, 0.1) is 12.2 Å². The molecular formula is C13H17N3O. The molecule has 0 aromatic heterocycles. The van der Waals surface area contributed by atoms with Crippen LogP contribution in [0.3, 0.4) is 0 Å². The number of ether oxygens (including phenoxy) is 1. The zero-order chi connectivity index (χ0) is 11.9. The first-order valence-corrected chi connectivity index (χ1v) is 6.03. The molecule has 1 aromatic carbocycles. The molecule has 1 spiro atoms. The largest absolute Gasteiger partial charge is 0.370 e. The minimum absolute atomic E-state index is 0.122. The van der Waals surface area contributed by atoms with Crippen molar-refractivity contribution in [3.05, 3.63) is 35.4 Å². The molecule has 90 valence electrons. The summed E-state index contributed by atoms with van der Waals surface area (Å²) in [6.45, 7) is 2.34. The van der Waals surface area contributed by atoms with Crippen LogP contribution in [-0.4, -0.2) is 23.9 Å². The minimum Gasteiger partial charge on any atom is -0.370 e. The van der Waals surface area contributed by atoms with Crippen LogP contribution in [0.1, 0.15) is 24.0 Å². The summed E-state index contributed by atoms with van der Waals surface area (Å²) in [6.07, 6.45) is 1.84. The van der Waals surface area contributed by atoms with Gasteiger partial charge in [-0.15, -0.1) is 0 Å². The topological polar surface area (TPSA) is 62.3 Å². The van der Waals surface area contributed by atoms with Crippen molar-refractivity contribution in [2.75, 3.05) is 13.1 Å². The summed E-state index contributed by atoms with van der Waals surface area (Å²) in [7, 11) is 0. The fourth-order valence-electron chi connectivity index (χ4n) is 2.91. The van der Waals surface area contributed by atoms with Gasteiger partial charge in [0.15, 0.2) is 5.96 Å². The lowest BCUT2D eigenvalue weighted by atomic mass is 9.84. The molecule has 0 radical (unpaired) electrons. The van der Waals surface area contributed by atoms with Crippen molar-refractivity contribution in [1.82, 2.24) is 4.90 Å². The van der Waals surface area contributed by atoms with Crippen LogP contribution >= 0.6 is 0 Å². The van der Waals surface area contributed by atoms with Crippen LogP contribution in [0.4, 0.5) is 0 Å². The maximum absolute atomic E-state index is 7.46. The molecule has 2 heterocycles. The molecule has 2 aliphatic rings. The van der Waals surface area contributed by atoms with E-state index in [9.17, 15) is 0 Å². The highest BCUT2D eigenvalue weighted by Crippen LogP contribution is 2.43. The van der Waals surface area contributed by atoms with Crippen molar-refractivity contribution in [3.8, 4) is 0 Å². The Morgan fingerprint density at radius 3 is 2.71 bits per heavy atom. The lowest BCUT2D eigenvalue weighted by molar-refractivity contribution is -0.0707. The number of benzene rings is 1. The van der Waals surface area contributed by atoms with Gasteiger partial charge in [0.1, 0.15) is 0 Å². The average molecular weight is 231 g/mol. The van der Waals surface area contributed by atoms with Gasteiger partial charge in [0, 0.05) is 13.1 Å². The van der Waals surface area contributed by atoms with E-state index in [0.29, 0.717) is 0 Å². The SMILES string of the molecule is N=C(N)N1CCC2(CC1)OCc1ccccc12. The van der Waals surface area contributed by atoms with E-state index in [4.69, 9.17) is 15.9 Å². The Kier molecular flexibility index (Phi) is 2.33. The maximum atomic E-state index is 7.46. The summed E-state index contributed by atoms with van der Waals surface area (Å²) < 4.78 is 6.04. The molecule has 0 saturated carbocycles. The van der Waals surface area contributed by atoms with E-state index in [0.717, 1.165) is 32.5 Å².